The molecule has 0 aromatic heterocycles. The van der Waals surface area contributed by atoms with Gasteiger partial charge in [0.2, 0.25) is 0 Å². The number of rotatable bonds is 2. The van der Waals surface area contributed by atoms with Crippen LogP contribution in [0.4, 0.5) is 5.69 Å². The average molecular weight is 215 g/mol. The van der Waals surface area contributed by atoms with E-state index in [1.807, 2.05) is 0 Å². The van der Waals surface area contributed by atoms with E-state index in [1.54, 1.807) is 0 Å². The predicted octanol–water partition coefficient (Wildman–Crippen LogP) is 4.20. The predicted molar refractivity (Wildman–Crippen MR) is 71.9 cm³/mol. The fourth-order valence-electron chi connectivity index (χ4n) is 2.40. The second-order valence-corrected chi connectivity index (χ2v) is 5.27. The average Bonchev–Trinajstić information content (AvgIpc) is 2.25. The van der Waals surface area contributed by atoms with Gasteiger partial charge in [-0.1, -0.05) is 26.0 Å². The van der Waals surface area contributed by atoms with Gasteiger partial charge in [0, 0.05) is 12.2 Å². The number of hydrogen-bond donors (Lipinski definition) is 1. The van der Waals surface area contributed by atoms with Gasteiger partial charge in [-0.05, 0) is 54.5 Å². The highest BCUT2D eigenvalue weighted by Gasteiger charge is 2.26. The Morgan fingerprint density at radius 3 is 2.75 bits per heavy atom. The van der Waals surface area contributed by atoms with Crippen molar-refractivity contribution < 1.29 is 0 Å². The lowest BCUT2D eigenvalue weighted by Gasteiger charge is -2.31. The van der Waals surface area contributed by atoms with Gasteiger partial charge in [-0.15, -0.1) is 0 Å². The quantitative estimate of drug-likeness (QED) is 0.779. The van der Waals surface area contributed by atoms with E-state index in [1.165, 1.54) is 22.4 Å². The molecule has 0 heterocycles. The van der Waals surface area contributed by atoms with E-state index in [4.69, 9.17) is 0 Å². The highest BCUT2D eigenvalue weighted by molar-refractivity contribution is 5.73. The van der Waals surface area contributed by atoms with Gasteiger partial charge < -0.3 is 5.32 Å². The molecular formula is C15H21N. The summed E-state index contributed by atoms with van der Waals surface area (Å²) in [6.07, 6.45) is 3.50. The van der Waals surface area contributed by atoms with Crippen molar-refractivity contribution in [1.29, 1.82) is 0 Å². The van der Waals surface area contributed by atoms with Gasteiger partial charge in [0.05, 0.1) is 0 Å². The third-order valence-electron chi connectivity index (χ3n) is 3.47. The van der Waals surface area contributed by atoms with Crippen molar-refractivity contribution in [1.82, 2.24) is 0 Å². The van der Waals surface area contributed by atoms with Gasteiger partial charge in [-0.25, -0.2) is 0 Å². The van der Waals surface area contributed by atoms with Crippen molar-refractivity contribution in [2.45, 2.75) is 39.5 Å². The number of fused-ring (bicyclic) bond motifs is 1. The maximum absolute atomic E-state index is 3.38. The van der Waals surface area contributed by atoms with Crippen molar-refractivity contribution >= 4 is 11.3 Å². The van der Waals surface area contributed by atoms with Crippen LogP contribution in [-0.2, 0) is 5.41 Å². The SMILES string of the molecule is CCNc1ccc2c(c1)C(C)=CCC2(C)C. The molecule has 0 bridgehead atoms. The van der Waals surface area contributed by atoms with Crippen LogP contribution in [0.15, 0.2) is 24.3 Å². The summed E-state index contributed by atoms with van der Waals surface area (Å²) in [6, 6.07) is 6.76. The van der Waals surface area contributed by atoms with E-state index in [2.05, 4.69) is 57.3 Å². The smallest absolute Gasteiger partial charge is 0.0346 e. The minimum Gasteiger partial charge on any atom is -0.385 e. The zero-order chi connectivity index (χ0) is 11.8. The van der Waals surface area contributed by atoms with Crippen LogP contribution in [0, 0.1) is 0 Å². The molecule has 1 heteroatoms. The molecule has 0 amide bonds. The molecule has 86 valence electrons. The first-order valence-electron chi connectivity index (χ1n) is 6.10. The largest absolute Gasteiger partial charge is 0.385 e. The molecule has 0 saturated heterocycles. The monoisotopic (exact) mass is 215 g/mol. The summed E-state index contributed by atoms with van der Waals surface area (Å²) in [5, 5.41) is 3.38. The Hall–Kier alpha value is -1.24. The van der Waals surface area contributed by atoms with E-state index >= 15 is 0 Å². The van der Waals surface area contributed by atoms with Gasteiger partial charge in [0.25, 0.3) is 0 Å². The zero-order valence-electron chi connectivity index (χ0n) is 10.7. The van der Waals surface area contributed by atoms with Gasteiger partial charge >= 0.3 is 0 Å². The van der Waals surface area contributed by atoms with Crippen LogP contribution in [0.1, 0.15) is 45.2 Å². The Balaban J connectivity index is 2.49. The van der Waals surface area contributed by atoms with Gasteiger partial charge in [-0.2, -0.15) is 0 Å². The summed E-state index contributed by atoms with van der Waals surface area (Å²) in [4.78, 5) is 0. The second kappa shape index (κ2) is 3.97. The summed E-state index contributed by atoms with van der Waals surface area (Å²) in [6.45, 7) is 9.96. The molecule has 1 aromatic carbocycles. The molecule has 1 N–H and O–H groups in total. The topological polar surface area (TPSA) is 12.0 Å². The zero-order valence-corrected chi connectivity index (χ0v) is 10.7. The first-order chi connectivity index (χ1) is 7.54. The van der Waals surface area contributed by atoms with Crippen LogP contribution in [-0.4, -0.2) is 6.54 Å². The van der Waals surface area contributed by atoms with Crippen LogP contribution in [0.2, 0.25) is 0 Å². The van der Waals surface area contributed by atoms with Crippen LogP contribution >= 0.6 is 0 Å². The maximum Gasteiger partial charge on any atom is 0.0346 e. The fourth-order valence-corrected chi connectivity index (χ4v) is 2.40. The minimum atomic E-state index is 0.277. The molecule has 2 rings (SSSR count). The van der Waals surface area contributed by atoms with E-state index in [9.17, 15) is 0 Å². The number of hydrogen-bond acceptors (Lipinski definition) is 1. The Morgan fingerprint density at radius 1 is 1.31 bits per heavy atom. The van der Waals surface area contributed by atoms with Gasteiger partial charge in [0.15, 0.2) is 0 Å². The second-order valence-electron chi connectivity index (χ2n) is 5.27. The van der Waals surface area contributed by atoms with Crippen molar-refractivity contribution in [2.24, 2.45) is 0 Å². The highest BCUT2D eigenvalue weighted by Crippen LogP contribution is 2.39. The van der Waals surface area contributed by atoms with Crippen molar-refractivity contribution in [3.63, 3.8) is 0 Å². The normalized spacial score (nSPS) is 17.6. The molecule has 0 atom stereocenters. The van der Waals surface area contributed by atoms with Crippen molar-refractivity contribution in [3.8, 4) is 0 Å². The summed E-state index contributed by atoms with van der Waals surface area (Å²) in [5.41, 5.74) is 5.81. The van der Waals surface area contributed by atoms with Crippen molar-refractivity contribution in [2.75, 3.05) is 11.9 Å². The summed E-state index contributed by atoms with van der Waals surface area (Å²) >= 11 is 0. The molecule has 0 aliphatic heterocycles. The summed E-state index contributed by atoms with van der Waals surface area (Å²) in [7, 11) is 0. The fraction of sp³-hybridized carbons (Fsp3) is 0.467. The Labute approximate surface area is 98.6 Å². The molecule has 0 radical (unpaired) electrons. The standard InChI is InChI=1S/C15H21N/c1-5-16-12-6-7-14-13(10-12)11(2)8-9-15(14,3)4/h6-8,10,16H,5,9H2,1-4H3. The molecule has 0 fully saturated rings. The number of nitrogens with one attached hydrogen (secondary N) is 1. The Morgan fingerprint density at radius 2 is 2.06 bits per heavy atom. The van der Waals surface area contributed by atoms with Crippen LogP contribution in [0.5, 0.6) is 0 Å². The molecule has 1 aliphatic carbocycles. The van der Waals surface area contributed by atoms with Crippen LogP contribution in [0.25, 0.3) is 5.57 Å². The van der Waals surface area contributed by atoms with Crippen LogP contribution in [0.3, 0.4) is 0 Å². The van der Waals surface area contributed by atoms with E-state index < -0.39 is 0 Å². The molecular weight excluding hydrogens is 194 g/mol. The first-order valence-corrected chi connectivity index (χ1v) is 6.10. The van der Waals surface area contributed by atoms with E-state index in [0.717, 1.165) is 13.0 Å². The van der Waals surface area contributed by atoms with Crippen LogP contribution < -0.4 is 5.32 Å². The molecule has 0 saturated carbocycles. The highest BCUT2D eigenvalue weighted by atomic mass is 14.8. The minimum absolute atomic E-state index is 0.277. The lowest BCUT2D eigenvalue weighted by molar-refractivity contribution is 0.527. The third kappa shape index (κ3) is 1.87. The summed E-state index contributed by atoms with van der Waals surface area (Å²) < 4.78 is 0. The molecule has 1 nitrogen and oxygen atoms in total. The van der Waals surface area contributed by atoms with E-state index in [0.29, 0.717) is 0 Å². The molecule has 0 spiro atoms. The number of anilines is 1. The molecule has 1 aromatic rings. The molecule has 0 unspecified atom stereocenters. The van der Waals surface area contributed by atoms with Crippen molar-refractivity contribution in [3.05, 3.63) is 35.4 Å². The summed E-state index contributed by atoms with van der Waals surface area (Å²) in [5.74, 6) is 0. The Bertz CT molecular complexity index is 427. The Kier molecular flexibility index (Phi) is 2.79. The molecule has 1 aliphatic rings. The lowest BCUT2D eigenvalue weighted by atomic mass is 9.73. The van der Waals surface area contributed by atoms with Gasteiger partial charge in [-0.3, -0.25) is 0 Å². The number of allylic oxidation sites excluding steroid dienone is 2. The molecule has 16 heavy (non-hydrogen) atoms. The van der Waals surface area contributed by atoms with Gasteiger partial charge in [0.1, 0.15) is 0 Å². The number of benzene rings is 1. The maximum atomic E-state index is 3.38. The first kappa shape index (κ1) is 11.3. The lowest BCUT2D eigenvalue weighted by Crippen LogP contribution is -2.21. The van der Waals surface area contributed by atoms with E-state index in [-0.39, 0.29) is 5.41 Å². The third-order valence-corrected chi connectivity index (χ3v) is 3.47.